The summed E-state index contributed by atoms with van der Waals surface area (Å²) in [6.45, 7) is 0.358. The van der Waals surface area contributed by atoms with Gasteiger partial charge in [0.1, 0.15) is 12.4 Å². The number of benzene rings is 3. The van der Waals surface area contributed by atoms with Gasteiger partial charge in [0.25, 0.3) is 5.69 Å². The van der Waals surface area contributed by atoms with Crippen LogP contribution in [0.15, 0.2) is 78.9 Å². The molecule has 1 N–H and O–H groups in total. The van der Waals surface area contributed by atoms with Crippen LogP contribution in [0.1, 0.15) is 35.1 Å². The van der Waals surface area contributed by atoms with Crippen LogP contribution >= 0.6 is 11.6 Å². The molecule has 3 atom stereocenters. The number of para-hydroxylation sites is 1. The summed E-state index contributed by atoms with van der Waals surface area (Å²) in [5, 5.41) is 15.2. The first-order chi connectivity index (χ1) is 15.1. The number of nitrogens with zero attached hydrogens (tertiary/aromatic N) is 1. The minimum absolute atomic E-state index is 0.0782. The average molecular weight is 433 g/mol. The molecule has 3 aromatic rings. The first-order valence-electron chi connectivity index (χ1n) is 10.3. The molecular weight excluding hydrogens is 412 g/mol. The minimum Gasteiger partial charge on any atom is -0.489 e. The van der Waals surface area contributed by atoms with Crippen molar-refractivity contribution in [3.8, 4) is 5.75 Å². The van der Waals surface area contributed by atoms with Crippen LogP contribution in [-0.2, 0) is 6.61 Å². The first kappa shape index (κ1) is 19.6. The molecule has 0 unspecified atom stereocenters. The standard InChI is InChI=1S/C25H21ClN2O3/c26-23-6-2-5-22-20-3-1-4-21(20)24(27-25(22)23)17-9-13-19(14-10-17)31-15-16-7-11-18(12-8-16)28(29)30/h1-3,5-14,20-21,24,27H,4,15H2/t20-,21+,24+/m1/s1. The Labute approximate surface area is 185 Å². The van der Waals surface area contributed by atoms with Crippen LogP contribution in [-0.4, -0.2) is 4.92 Å². The van der Waals surface area contributed by atoms with E-state index in [1.54, 1.807) is 12.1 Å². The maximum absolute atomic E-state index is 10.8. The highest BCUT2D eigenvalue weighted by Crippen LogP contribution is 2.51. The summed E-state index contributed by atoms with van der Waals surface area (Å²) in [7, 11) is 0. The zero-order chi connectivity index (χ0) is 21.4. The largest absolute Gasteiger partial charge is 0.489 e. The molecule has 1 heterocycles. The van der Waals surface area contributed by atoms with Crippen molar-refractivity contribution >= 4 is 23.0 Å². The number of hydrogen-bond donors (Lipinski definition) is 1. The molecular formula is C25H21ClN2O3. The zero-order valence-electron chi connectivity index (χ0n) is 16.7. The fourth-order valence-corrected chi connectivity index (χ4v) is 4.80. The van der Waals surface area contributed by atoms with E-state index >= 15 is 0 Å². The molecule has 5 nitrogen and oxygen atoms in total. The van der Waals surface area contributed by atoms with Gasteiger partial charge in [-0.3, -0.25) is 10.1 Å². The van der Waals surface area contributed by atoms with Gasteiger partial charge in [0.2, 0.25) is 0 Å². The monoisotopic (exact) mass is 432 g/mol. The van der Waals surface area contributed by atoms with Crippen LogP contribution in [0.25, 0.3) is 0 Å². The number of anilines is 1. The summed E-state index contributed by atoms with van der Waals surface area (Å²) in [5.74, 6) is 1.59. The number of hydrogen-bond acceptors (Lipinski definition) is 4. The third-order valence-electron chi connectivity index (χ3n) is 6.14. The number of fused-ring (bicyclic) bond motifs is 3. The predicted octanol–water partition coefficient (Wildman–Crippen LogP) is 6.65. The number of nitro benzene ring substituents is 1. The maximum atomic E-state index is 10.8. The Morgan fingerprint density at radius 3 is 2.58 bits per heavy atom. The number of halogens is 1. The minimum atomic E-state index is -0.404. The van der Waals surface area contributed by atoms with Crippen LogP contribution in [0, 0.1) is 16.0 Å². The lowest BCUT2D eigenvalue weighted by atomic mass is 9.77. The quantitative estimate of drug-likeness (QED) is 0.278. The number of rotatable bonds is 5. The first-order valence-corrected chi connectivity index (χ1v) is 10.7. The molecule has 5 rings (SSSR count). The maximum Gasteiger partial charge on any atom is 0.269 e. The Balaban J connectivity index is 1.31. The second kappa shape index (κ2) is 8.08. The molecule has 0 fully saturated rings. The Kier molecular flexibility index (Phi) is 5.12. The van der Waals surface area contributed by atoms with Gasteiger partial charge in [-0.25, -0.2) is 0 Å². The van der Waals surface area contributed by atoms with Gasteiger partial charge in [0.05, 0.1) is 21.7 Å². The molecule has 1 aliphatic carbocycles. The van der Waals surface area contributed by atoms with Gasteiger partial charge in [-0.05, 0) is 59.4 Å². The van der Waals surface area contributed by atoms with Crippen LogP contribution in [0.5, 0.6) is 5.75 Å². The Hall–Kier alpha value is -3.31. The van der Waals surface area contributed by atoms with Crippen molar-refractivity contribution in [2.45, 2.75) is 25.0 Å². The van der Waals surface area contributed by atoms with Gasteiger partial charge in [-0.15, -0.1) is 0 Å². The van der Waals surface area contributed by atoms with Crippen LogP contribution in [0.3, 0.4) is 0 Å². The smallest absolute Gasteiger partial charge is 0.269 e. The molecule has 0 aromatic heterocycles. The van der Waals surface area contributed by atoms with E-state index in [4.69, 9.17) is 16.3 Å². The van der Waals surface area contributed by atoms with E-state index in [1.807, 2.05) is 24.3 Å². The highest BCUT2D eigenvalue weighted by atomic mass is 35.5. The van der Waals surface area contributed by atoms with Crippen molar-refractivity contribution in [3.05, 3.63) is 111 Å². The number of ether oxygens (including phenoxy) is 1. The Morgan fingerprint density at radius 1 is 1.06 bits per heavy atom. The molecule has 1 aliphatic heterocycles. The fraction of sp³-hybridized carbons (Fsp3) is 0.200. The topological polar surface area (TPSA) is 64.4 Å². The van der Waals surface area contributed by atoms with Gasteiger partial charge in [-0.1, -0.05) is 48.0 Å². The third kappa shape index (κ3) is 3.77. The van der Waals surface area contributed by atoms with E-state index in [0.717, 1.165) is 28.4 Å². The van der Waals surface area contributed by atoms with E-state index < -0.39 is 4.92 Å². The molecule has 2 aliphatic rings. The van der Waals surface area contributed by atoms with Gasteiger partial charge in [-0.2, -0.15) is 0 Å². The molecule has 3 aromatic carbocycles. The molecule has 156 valence electrons. The van der Waals surface area contributed by atoms with Gasteiger partial charge in [0, 0.05) is 18.1 Å². The molecule has 31 heavy (non-hydrogen) atoms. The molecule has 0 saturated carbocycles. The lowest BCUT2D eigenvalue weighted by molar-refractivity contribution is -0.384. The van der Waals surface area contributed by atoms with E-state index in [9.17, 15) is 10.1 Å². The van der Waals surface area contributed by atoms with Crippen LogP contribution in [0.2, 0.25) is 5.02 Å². The van der Waals surface area contributed by atoms with Crippen molar-refractivity contribution in [2.24, 2.45) is 5.92 Å². The normalized spacial score (nSPS) is 21.1. The molecule has 0 bridgehead atoms. The molecule has 0 amide bonds. The van der Waals surface area contributed by atoms with Crippen molar-refractivity contribution in [1.29, 1.82) is 0 Å². The van der Waals surface area contributed by atoms with Crippen LogP contribution in [0.4, 0.5) is 11.4 Å². The summed E-state index contributed by atoms with van der Waals surface area (Å²) < 4.78 is 5.87. The van der Waals surface area contributed by atoms with E-state index in [-0.39, 0.29) is 11.7 Å². The zero-order valence-corrected chi connectivity index (χ0v) is 17.5. The third-order valence-corrected chi connectivity index (χ3v) is 6.45. The number of allylic oxidation sites excluding steroid dienone is 2. The fourth-order valence-electron chi connectivity index (χ4n) is 4.57. The highest BCUT2D eigenvalue weighted by Gasteiger charge is 2.38. The van der Waals surface area contributed by atoms with E-state index in [0.29, 0.717) is 18.4 Å². The van der Waals surface area contributed by atoms with Crippen molar-refractivity contribution in [3.63, 3.8) is 0 Å². The Bertz CT molecular complexity index is 1140. The van der Waals surface area contributed by atoms with E-state index in [2.05, 4.69) is 35.7 Å². The Morgan fingerprint density at radius 2 is 1.84 bits per heavy atom. The summed E-state index contributed by atoms with van der Waals surface area (Å²) in [4.78, 5) is 10.4. The molecule has 0 spiro atoms. The van der Waals surface area contributed by atoms with E-state index in [1.165, 1.54) is 23.3 Å². The van der Waals surface area contributed by atoms with Crippen molar-refractivity contribution in [1.82, 2.24) is 0 Å². The van der Waals surface area contributed by atoms with Crippen LogP contribution < -0.4 is 10.1 Å². The number of nitrogens with one attached hydrogen (secondary N) is 1. The predicted molar refractivity (Wildman–Crippen MR) is 122 cm³/mol. The second-order valence-electron chi connectivity index (χ2n) is 7.96. The highest BCUT2D eigenvalue weighted by molar-refractivity contribution is 6.33. The number of nitro groups is 1. The van der Waals surface area contributed by atoms with Crippen molar-refractivity contribution < 1.29 is 9.66 Å². The molecule has 0 saturated heterocycles. The van der Waals surface area contributed by atoms with Gasteiger partial charge >= 0.3 is 0 Å². The summed E-state index contributed by atoms with van der Waals surface area (Å²) in [6.07, 6.45) is 5.60. The second-order valence-corrected chi connectivity index (χ2v) is 8.37. The molecule has 0 radical (unpaired) electrons. The summed E-state index contributed by atoms with van der Waals surface area (Å²) >= 11 is 6.49. The lowest BCUT2D eigenvalue weighted by Gasteiger charge is -2.38. The molecule has 6 heteroatoms. The van der Waals surface area contributed by atoms with Crippen molar-refractivity contribution in [2.75, 3.05) is 5.32 Å². The SMILES string of the molecule is O=[N+]([O-])c1ccc(COc2ccc([C@@H]3Nc4c(Cl)cccc4[C@@H]4C=CC[C@@H]43)cc2)cc1. The average Bonchev–Trinajstić information content (AvgIpc) is 3.29. The number of non-ortho nitro benzene ring substituents is 1. The summed E-state index contributed by atoms with van der Waals surface area (Å²) in [5.41, 5.74) is 4.46. The lowest BCUT2D eigenvalue weighted by Crippen LogP contribution is -2.29. The van der Waals surface area contributed by atoms with Gasteiger partial charge in [0.15, 0.2) is 0 Å². The van der Waals surface area contributed by atoms with Gasteiger partial charge < -0.3 is 10.1 Å². The summed E-state index contributed by atoms with van der Waals surface area (Å²) in [6, 6.07) is 20.8.